The van der Waals surface area contributed by atoms with E-state index in [1.54, 1.807) is 12.1 Å². The summed E-state index contributed by atoms with van der Waals surface area (Å²) in [6.45, 7) is 3.31. The second-order valence-corrected chi connectivity index (χ2v) is 2.80. The highest BCUT2D eigenvalue weighted by atomic mass is 35.5. The van der Waals surface area contributed by atoms with Gasteiger partial charge in [-0.15, -0.1) is 0 Å². The van der Waals surface area contributed by atoms with Gasteiger partial charge < -0.3 is 5.32 Å². The molecule has 1 aromatic rings. The van der Waals surface area contributed by atoms with Crippen LogP contribution in [0.25, 0.3) is 0 Å². The molecule has 3 nitrogen and oxygen atoms in total. The third-order valence-electron chi connectivity index (χ3n) is 1.42. The predicted molar refractivity (Wildman–Crippen MR) is 53.0 cm³/mol. The van der Waals surface area contributed by atoms with Crippen LogP contribution in [-0.4, -0.2) is 5.91 Å². The molecule has 0 fully saturated rings. The molecule has 0 bridgehead atoms. The molecule has 4 heteroatoms. The largest absolute Gasteiger partial charge is 0.322 e. The van der Waals surface area contributed by atoms with Crippen molar-refractivity contribution in [1.29, 1.82) is 0 Å². The number of hydrogen-bond donors (Lipinski definition) is 1. The Kier molecular flexibility index (Phi) is 2.93. The van der Waals surface area contributed by atoms with Crippen molar-refractivity contribution >= 4 is 28.9 Å². The maximum absolute atomic E-state index is 10.9. The molecule has 1 radical (unpaired) electrons. The zero-order chi connectivity index (χ0) is 9.84. The predicted octanol–water partition coefficient (Wildman–Crippen LogP) is 2.38. The fraction of sp³-hybridized carbons (Fsp3) is 0. The summed E-state index contributed by atoms with van der Waals surface area (Å²) in [4.78, 5) is 10.9. The van der Waals surface area contributed by atoms with Gasteiger partial charge in [-0.2, -0.15) is 0 Å². The number of benzene rings is 1. The summed E-state index contributed by atoms with van der Waals surface area (Å²) in [5.74, 6) is -0.304. The second-order valence-electron chi connectivity index (χ2n) is 2.39. The zero-order valence-electron chi connectivity index (χ0n) is 6.80. The second kappa shape index (κ2) is 3.96. The fourth-order valence-corrected chi connectivity index (χ4v) is 0.914. The topological polar surface area (TPSA) is 52.9 Å². The number of hydrogen-bond acceptors (Lipinski definition) is 1. The van der Waals surface area contributed by atoms with Gasteiger partial charge in [0.25, 0.3) is 0 Å². The molecule has 1 rings (SSSR count). The van der Waals surface area contributed by atoms with Crippen molar-refractivity contribution in [2.45, 2.75) is 0 Å². The first kappa shape index (κ1) is 9.61. The molecular formula is C9H8ClN2O. The van der Waals surface area contributed by atoms with Crippen LogP contribution in [0.3, 0.4) is 0 Å². The highest BCUT2D eigenvalue weighted by molar-refractivity contribution is 6.33. The standard InChI is InChI=1S/C9H8ClN2O/c1-2-9(13)12-6-3-4-7(10)8(11)5-6/h2-5,11H,1H2,(H,12,13). The number of anilines is 1. The normalized spacial score (nSPS) is 9.31. The molecule has 0 aliphatic heterocycles. The van der Waals surface area contributed by atoms with Crippen molar-refractivity contribution in [3.8, 4) is 0 Å². The van der Waals surface area contributed by atoms with Crippen molar-refractivity contribution in [2.75, 3.05) is 5.32 Å². The minimum absolute atomic E-state index is 0.184. The van der Waals surface area contributed by atoms with E-state index in [4.69, 9.17) is 17.3 Å². The number of carbonyl (C=O) groups excluding carboxylic acids is 1. The van der Waals surface area contributed by atoms with Gasteiger partial charge in [-0.05, 0) is 24.3 Å². The molecule has 0 atom stereocenters. The van der Waals surface area contributed by atoms with Crippen LogP contribution in [0.4, 0.5) is 11.4 Å². The molecule has 1 amide bonds. The Morgan fingerprint density at radius 1 is 1.62 bits per heavy atom. The summed E-state index contributed by atoms with van der Waals surface area (Å²) in [5, 5.41) is 2.88. The van der Waals surface area contributed by atoms with Gasteiger partial charge in [-0.25, -0.2) is 0 Å². The van der Waals surface area contributed by atoms with E-state index in [0.29, 0.717) is 10.7 Å². The van der Waals surface area contributed by atoms with Gasteiger partial charge in [0.1, 0.15) is 0 Å². The molecule has 0 aromatic heterocycles. The van der Waals surface area contributed by atoms with E-state index < -0.39 is 0 Å². The number of nitrogens with one attached hydrogen (secondary N) is 2. The van der Waals surface area contributed by atoms with Gasteiger partial charge in [0.2, 0.25) is 5.91 Å². The van der Waals surface area contributed by atoms with Crippen LogP contribution in [0.1, 0.15) is 0 Å². The van der Waals surface area contributed by atoms with Crippen LogP contribution in [0.15, 0.2) is 30.9 Å². The number of rotatable bonds is 2. The van der Waals surface area contributed by atoms with Crippen molar-refractivity contribution in [3.05, 3.63) is 35.9 Å². The van der Waals surface area contributed by atoms with E-state index in [9.17, 15) is 4.79 Å². The summed E-state index contributed by atoms with van der Waals surface area (Å²) in [5.41, 5.74) is 8.08. The van der Waals surface area contributed by atoms with Gasteiger partial charge in [0.05, 0.1) is 10.7 Å². The van der Waals surface area contributed by atoms with Crippen LogP contribution in [0.2, 0.25) is 5.02 Å². The average molecular weight is 196 g/mol. The van der Waals surface area contributed by atoms with Gasteiger partial charge >= 0.3 is 0 Å². The number of amides is 1. The Hall–Kier alpha value is -1.48. The molecule has 0 unspecified atom stereocenters. The molecule has 0 saturated carbocycles. The molecule has 0 heterocycles. The Labute approximate surface area is 81.2 Å². The first-order valence-electron chi connectivity index (χ1n) is 3.58. The quantitative estimate of drug-likeness (QED) is 0.724. The molecule has 13 heavy (non-hydrogen) atoms. The van der Waals surface area contributed by atoms with E-state index in [1.807, 2.05) is 0 Å². The first-order valence-corrected chi connectivity index (χ1v) is 3.96. The van der Waals surface area contributed by atoms with Crippen LogP contribution in [0.5, 0.6) is 0 Å². The van der Waals surface area contributed by atoms with Gasteiger partial charge in [0.15, 0.2) is 0 Å². The lowest BCUT2D eigenvalue weighted by Gasteiger charge is -2.03. The van der Waals surface area contributed by atoms with Gasteiger partial charge in [0, 0.05) is 5.69 Å². The van der Waals surface area contributed by atoms with Crippen LogP contribution < -0.4 is 11.1 Å². The molecule has 0 aliphatic rings. The summed E-state index contributed by atoms with van der Waals surface area (Å²) < 4.78 is 0. The maximum Gasteiger partial charge on any atom is 0.247 e. The van der Waals surface area contributed by atoms with E-state index in [0.717, 1.165) is 6.08 Å². The van der Waals surface area contributed by atoms with Crippen molar-refractivity contribution < 1.29 is 4.79 Å². The lowest BCUT2D eigenvalue weighted by atomic mass is 10.3. The highest BCUT2D eigenvalue weighted by Crippen LogP contribution is 2.23. The maximum atomic E-state index is 10.9. The summed E-state index contributed by atoms with van der Waals surface area (Å²) in [6, 6.07) is 4.66. The monoisotopic (exact) mass is 195 g/mol. The molecule has 0 saturated heterocycles. The van der Waals surface area contributed by atoms with Gasteiger partial charge in [-0.3, -0.25) is 10.5 Å². The zero-order valence-corrected chi connectivity index (χ0v) is 7.56. The lowest BCUT2D eigenvalue weighted by Crippen LogP contribution is -2.06. The number of halogens is 1. The summed E-state index contributed by atoms with van der Waals surface area (Å²) in [6.07, 6.45) is 1.16. The summed E-state index contributed by atoms with van der Waals surface area (Å²) >= 11 is 5.63. The smallest absolute Gasteiger partial charge is 0.247 e. The van der Waals surface area contributed by atoms with Crippen LogP contribution in [0, 0.1) is 0 Å². The molecule has 0 spiro atoms. The first-order chi connectivity index (χ1) is 6.13. The third-order valence-corrected chi connectivity index (χ3v) is 1.75. The Morgan fingerprint density at radius 2 is 2.31 bits per heavy atom. The van der Waals surface area contributed by atoms with Crippen molar-refractivity contribution in [2.24, 2.45) is 0 Å². The van der Waals surface area contributed by atoms with E-state index in [2.05, 4.69) is 11.9 Å². The average Bonchev–Trinajstić information content (AvgIpc) is 2.11. The molecule has 0 aliphatic carbocycles. The Bertz CT molecular complexity index is 349. The molecule has 2 N–H and O–H groups in total. The molecular weight excluding hydrogens is 188 g/mol. The Balaban J connectivity index is 2.85. The SMILES string of the molecule is C=CC(=O)Nc1ccc(Cl)c([NH])c1. The highest BCUT2D eigenvalue weighted by Gasteiger charge is 2.00. The van der Waals surface area contributed by atoms with Crippen LogP contribution >= 0.6 is 11.6 Å². The fourth-order valence-electron chi connectivity index (χ4n) is 0.796. The van der Waals surface area contributed by atoms with Crippen molar-refractivity contribution in [1.82, 2.24) is 5.73 Å². The number of carbonyl (C=O) groups is 1. The van der Waals surface area contributed by atoms with Crippen molar-refractivity contribution in [3.63, 3.8) is 0 Å². The molecule has 67 valence electrons. The lowest BCUT2D eigenvalue weighted by molar-refractivity contribution is -0.111. The van der Waals surface area contributed by atoms with E-state index >= 15 is 0 Å². The Morgan fingerprint density at radius 3 is 2.85 bits per heavy atom. The minimum Gasteiger partial charge on any atom is -0.322 e. The minimum atomic E-state index is -0.304. The third kappa shape index (κ3) is 2.49. The van der Waals surface area contributed by atoms with E-state index in [-0.39, 0.29) is 11.6 Å². The summed E-state index contributed by atoms with van der Waals surface area (Å²) in [7, 11) is 0. The van der Waals surface area contributed by atoms with E-state index in [1.165, 1.54) is 6.07 Å². The molecule has 1 aromatic carbocycles. The van der Waals surface area contributed by atoms with Crippen LogP contribution in [-0.2, 0) is 4.79 Å². The van der Waals surface area contributed by atoms with Gasteiger partial charge in [-0.1, -0.05) is 18.2 Å².